The van der Waals surface area contributed by atoms with Gasteiger partial charge in [-0.2, -0.15) is 5.26 Å². The van der Waals surface area contributed by atoms with Gasteiger partial charge < -0.3 is 5.32 Å². The number of rotatable bonds is 4. The molecule has 1 aromatic rings. The lowest BCUT2D eigenvalue weighted by Gasteiger charge is -2.21. The topological polar surface area (TPSA) is 65.8 Å². The fourth-order valence-electron chi connectivity index (χ4n) is 1.48. The summed E-state index contributed by atoms with van der Waals surface area (Å²) in [4.78, 5) is 16.1. The fraction of sp³-hybridized carbons (Fsp3) is 0.417. The summed E-state index contributed by atoms with van der Waals surface area (Å²) in [5.74, 6) is 0.142. The summed E-state index contributed by atoms with van der Waals surface area (Å²) in [6.07, 6.45) is 2.55. The van der Waals surface area contributed by atoms with E-state index in [0.717, 1.165) is 0 Å². The average Bonchev–Trinajstić information content (AvgIpc) is 2.35. The van der Waals surface area contributed by atoms with Crippen LogP contribution in [0.2, 0.25) is 0 Å². The lowest BCUT2D eigenvalue weighted by Crippen LogP contribution is -2.34. The Bertz CT molecular complexity index is 449. The molecule has 0 saturated heterocycles. The van der Waals surface area contributed by atoms with Crippen molar-refractivity contribution in [1.82, 2.24) is 4.98 Å². The Kier molecular flexibility index (Phi) is 4.64. The number of hydrogen-bond donors (Lipinski definition) is 1. The van der Waals surface area contributed by atoms with Crippen LogP contribution in [0.4, 0.5) is 5.82 Å². The highest BCUT2D eigenvalue weighted by atomic mass is 79.9. The third-order valence-electron chi connectivity index (χ3n) is 2.85. The molecule has 1 N–H and O–H groups in total. The minimum Gasteiger partial charge on any atom is -0.308 e. The van der Waals surface area contributed by atoms with Crippen molar-refractivity contribution in [3.05, 3.63) is 22.8 Å². The molecular formula is C12H14BrN3O. The van der Waals surface area contributed by atoms with Crippen molar-refractivity contribution in [2.45, 2.75) is 26.7 Å². The number of nitrogens with zero attached hydrogens (tertiary/aromatic N) is 2. The van der Waals surface area contributed by atoms with Crippen LogP contribution in [0.1, 0.15) is 26.7 Å². The van der Waals surface area contributed by atoms with E-state index in [1.54, 1.807) is 18.3 Å². The van der Waals surface area contributed by atoms with Gasteiger partial charge in [-0.15, -0.1) is 0 Å². The van der Waals surface area contributed by atoms with Crippen molar-refractivity contribution in [2.24, 2.45) is 5.41 Å². The molecule has 0 fully saturated rings. The Morgan fingerprint density at radius 2 is 2.24 bits per heavy atom. The van der Waals surface area contributed by atoms with E-state index in [1.807, 2.05) is 13.8 Å². The molecule has 0 atom stereocenters. The van der Waals surface area contributed by atoms with Crippen LogP contribution in [0.3, 0.4) is 0 Å². The summed E-state index contributed by atoms with van der Waals surface area (Å²) in [5, 5.41) is 11.8. The first-order valence-corrected chi connectivity index (χ1v) is 6.22. The molecule has 0 saturated carbocycles. The molecule has 0 aliphatic carbocycles. The first kappa shape index (κ1) is 13.7. The first-order valence-electron chi connectivity index (χ1n) is 5.43. The normalized spacial score (nSPS) is 10.7. The third kappa shape index (κ3) is 2.83. The third-order valence-corrected chi connectivity index (χ3v) is 3.49. The summed E-state index contributed by atoms with van der Waals surface area (Å²) < 4.78 is 0.701. The summed E-state index contributed by atoms with van der Waals surface area (Å²) in [7, 11) is 0. The van der Waals surface area contributed by atoms with Gasteiger partial charge in [0.1, 0.15) is 11.2 Å². The predicted octanol–water partition coefficient (Wildman–Crippen LogP) is 3.11. The molecule has 90 valence electrons. The highest BCUT2D eigenvalue weighted by molar-refractivity contribution is 9.10. The zero-order chi connectivity index (χ0) is 12.9. The van der Waals surface area contributed by atoms with Gasteiger partial charge in [0, 0.05) is 6.20 Å². The van der Waals surface area contributed by atoms with Crippen LogP contribution in [-0.4, -0.2) is 10.9 Å². The van der Waals surface area contributed by atoms with Gasteiger partial charge >= 0.3 is 0 Å². The van der Waals surface area contributed by atoms with E-state index in [4.69, 9.17) is 5.26 Å². The van der Waals surface area contributed by atoms with E-state index in [0.29, 0.717) is 23.1 Å². The van der Waals surface area contributed by atoms with Crippen LogP contribution in [0.25, 0.3) is 0 Å². The molecular weight excluding hydrogens is 282 g/mol. The van der Waals surface area contributed by atoms with Gasteiger partial charge in [0.15, 0.2) is 0 Å². The molecule has 1 rings (SSSR count). The van der Waals surface area contributed by atoms with Gasteiger partial charge in [-0.3, -0.25) is 4.79 Å². The molecule has 0 spiro atoms. The average molecular weight is 296 g/mol. The van der Waals surface area contributed by atoms with Crippen molar-refractivity contribution >= 4 is 27.7 Å². The molecule has 0 unspecified atom stereocenters. The zero-order valence-electron chi connectivity index (χ0n) is 9.83. The maximum atomic E-state index is 12.1. The van der Waals surface area contributed by atoms with E-state index in [1.165, 1.54) is 0 Å². The maximum Gasteiger partial charge on any atom is 0.246 e. The van der Waals surface area contributed by atoms with Gasteiger partial charge in [0.05, 0.1) is 10.5 Å². The predicted molar refractivity (Wildman–Crippen MR) is 69.2 cm³/mol. The van der Waals surface area contributed by atoms with Crippen LogP contribution >= 0.6 is 15.9 Å². The Hall–Kier alpha value is -1.41. The second-order valence-electron chi connectivity index (χ2n) is 3.69. The number of pyridine rings is 1. The van der Waals surface area contributed by atoms with Crippen LogP contribution in [0.5, 0.6) is 0 Å². The van der Waals surface area contributed by atoms with E-state index < -0.39 is 5.41 Å². The van der Waals surface area contributed by atoms with Gasteiger partial charge in [0.25, 0.3) is 0 Å². The standard InChI is InChI=1S/C12H14BrN3O/c1-3-12(4-2,8-14)11(17)16-10-9(13)6-5-7-15-10/h5-7H,3-4H2,1-2H3,(H,15,16,17). The number of halogens is 1. The lowest BCUT2D eigenvalue weighted by atomic mass is 9.83. The van der Waals surface area contributed by atoms with E-state index in [-0.39, 0.29) is 5.91 Å². The van der Waals surface area contributed by atoms with Crippen molar-refractivity contribution in [1.29, 1.82) is 5.26 Å². The summed E-state index contributed by atoms with van der Waals surface area (Å²) in [5.41, 5.74) is -0.975. The molecule has 5 heteroatoms. The fourth-order valence-corrected chi connectivity index (χ4v) is 1.84. The molecule has 0 aliphatic rings. The highest BCUT2D eigenvalue weighted by Crippen LogP contribution is 2.28. The number of nitriles is 1. The minimum absolute atomic E-state index is 0.301. The maximum absolute atomic E-state index is 12.1. The SMILES string of the molecule is CCC(C#N)(CC)C(=O)Nc1ncccc1Br. The Balaban J connectivity index is 2.93. The molecule has 0 radical (unpaired) electrons. The van der Waals surface area contributed by atoms with E-state index >= 15 is 0 Å². The van der Waals surface area contributed by atoms with E-state index in [2.05, 4.69) is 32.3 Å². The Labute approximate surface area is 109 Å². The second kappa shape index (κ2) is 5.78. The number of aromatic nitrogens is 1. The molecule has 0 aromatic carbocycles. The van der Waals surface area contributed by atoms with Gasteiger partial charge in [-0.05, 0) is 40.9 Å². The molecule has 0 bridgehead atoms. The smallest absolute Gasteiger partial charge is 0.246 e. The van der Waals surface area contributed by atoms with Crippen LogP contribution in [-0.2, 0) is 4.79 Å². The van der Waals surface area contributed by atoms with Crippen molar-refractivity contribution in [3.63, 3.8) is 0 Å². The number of amides is 1. The van der Waals surface area contributed by atoms with Crippen molar-refractivity contribution in [3.8, 4) is 6.07 Å². The molecule has 1 aromatic heterocycles. The largest absolute Gasteiger partial charge is 0.308 e. The molecule has 1 amide bonds. The molecule has 0 aliphatic heterocycles. The lowest BCUT2D eigenvalue weighted by molar-refractivity contribution is -0.123. The number of carbonyl (C=O) groups is 1. The number of nitrogens with one attached hydrogen (secondary N) is 1. The minimum atomic E-state index is -0.975. The monoisotopic (exact) mass is 295 g/mol. The Morgan fingerprint density at radius 1 is 1.59 bits per heavy atom. The first-order chi connectivity index (χ1) is 8.09. The quantitative estimate of drug-likeness (QED) is 0.928. The highest BCUT2D eigenvalue weighted by Gasteiger charge is 2.35. The second-order valence-corrected chi connectivity index (χ2v) is 4.54. The van der Waals surface area contributed by atoms with Crippen LogP contribution < -0.4 is 5.32 Å². The number of carbonyl (C=O) groups excluding carboxylic acids is 1. The van der Waals surface area contributed by atoms with Crippen molar-refractivity contribution < 1.29 is 4.79 Å². The Morgan fingerprint density at radius 3 is 2.71 bits per heavy atom. The molecule has 17 heavy (non-hydrogen) atoms. The van der Waals surface area contributed by atoms with Gasteiger partial charge in [-0.1, -0.05) is 13.8 Å². The molecule has 1 heterocycles. The summed E-state index contributed by atoms with van der Waals surface area (Å²) in [6.45, 7) is 3.67. The van der Waals surface area contributed by atoms with Gasteiger partial charge in [-0.25, -0.2) is 4.98 Å². The van der Waals surface area contributed by atoms with Gasteiger partial charge in [0.2, 0.25) is 5.91 Å². The van der Waals surface area contributed by atoms with Crippen LogP contribution in [0.15, 0.2) is 22.8 Å². The summed E-state index contributed by atoms with van der Waals surface area (Å²) >= 11 is 3.30. The van der Waals surface area contributed by atoms with E-state index in [9.17, 15) is 4.79 Å². The van der Waals surface area contributed by atoms with Crippen molar-refractivity contribution in [2.75, 3.05) is 5.32 Å². The summed E-state index contributed by atoms with van der Waals surface area (Å²) in [6, 6.07) is 5.65. The zero-order valence-corrected chi connectivity index (χ0v) is 11.4. The number of anilines is 1. The van der Waals surface area contributed by atoms with Crippen LogP contribution in [0, 0.1) is 16.7 Å². The molecule has 4 nitrogen and oxygen atoms in total. The number of hydrogen-bond acceptors (Lipinski definition) is 3.